The molecule has 0 heterocycles. The monoisotopic (exact) mass is 208 g/mol. The summed E-state index contributed by atoms with van der Waals surface area (Å²) in [6.45, 7) is 3.29. The van der Waals surface area contributed by atoms with E-state index in [4.69, 9.17) is 14.9 Å². The first kappa shape index (κ1) is 10.8. The van der Waals surface area contributed by atoms with E-state index in [0.717, 1.165) is 12.3 Å². The average Bonchev–Trinajstić information content (AvgIpc) is 2.17. The fourth-order valence-electron chi connectivity index (χ4n) is 1.01. The minimum atomic E-state index is -1.22. The van der Waals surface area contributed by atoms with Gasteiger partial charge in [-0.15, -0.1) is 0 Å². The zero-order valence-corrected chi connectivity index (χ0v) is 7.64. The Kier molecular flexibility index (Phi) is 3.07. The molecule has 0 aliphatic carbocycles. The van der Waals surface area contributed by atoms with Crippen LogP contribution >= 0.6 is 0 Å². The van der Waals surface area contributed by atoms with Crippen LogP contribution in [0.5, 0.6) is 5.75 Å². The van der Waals surface area contributed by atoms with E-state index >= 15 is 0 Å². The number of ether oxygens (including phenoxy) is 1. The van der Waals surface area contributed by atoms with E-state index in [1.54, 1.807) is 0 Å². The molecule has 0 amide bonds. The van der Waals surface area contributed by atoms with Crippen LogP contribution in [-0.2, 0) is 0 Å². The fourth-order valence-corrected chi connectivity index (χ4v) is 1.01. The van der Waals surface area contributed by atoms with Gasteiger partial charge >= 0.3 is 11.9 Å². The van der Waals surface area contributed by atoms with Crippen molar-refractivity contribution in [1.82, 2.24) is 0 Å². The van der Waals surface area contributed by atoms with Gasteiger partial charge in [0.1, 0.15) is 5.75 Å². The zero-order chi connectivity index (χ0) is 11.4. The molecule has 0 unspecified atom stereocenters. The Labute approximate surface area is 85.2 Å². The number of hydrogen-bond donors (Lipinski definition) is 2. The first-order valence-electron chi connectivity index (χ1n) is 3.94. The van der Waals surface area contributed by atoms with Gasteiger partial charge in [-0.05, 0) is 18.2 Å². The van der Waals surface area contributed by atoms with Gasteiger partial charge in [-0.25, -0.2) is 9.59 Å². The second kappa shape index (κ2) is 4.28. The smallest absolute Gasteiger partial charge is 0.335 e. The lowest BCUT2D eigenvalue weighted by molar-refractivity contribution is 0.0696. The Morgan fingerprint density at radius 2 is 1.60 bits per heavy atom. The van der Waals surface area contributed by atoms with Crippen molar-refractivity contribution in [3.05, 3.63) is 42.2 Å². The maximum atomic E-state index is 10.7. The molecular weight excluding hydrogens is 200 g/mol. The highest BCUT2D eigenvalue weighted by Gasteiger charge is 2.11. The van der Waals surface area contributed by atoms with Gasteiger partial charge in [-0.2, -0.15) is 0 Å². The van der Waals surface area contributed by atoms with E-state index in [1.807, 2.05) is 0 Å². The van der Waals surface area contributed by atoms with Crippen molar-refractivity contribution in [2.45, 2.75) is 0 Å². The first-order chi connectivity index (χ1) is 7.04. The molecule has 0 saturated heterocycles. The molecule has 0 fully saturated rings. The molecule has 5 nitrogen and oxygen atoms in total. The Hall–Kier alpha value is -2.30. The summed E-state index contributed by atoms with van der Waals surface area (Å²) in [5.41, 5.74) is -0.293. The number of carboxylic acids is 2. The predicted molar refractivity (Wildman–Crippen MR) is 51.2 cm³/mol. The van der Waals surface area contributed by atoms with Crippen molar-refractivity contribution >= 4 is 11.9 Å². The molecule has 0 aromatic heterocycles. The minimum Gasteiger partial charge on any atom is -0.478 e. The van der Waals surface area contributed by atoms with Crippen LogP contribution in [-0.4, -0.2) is 22.2 Å². The first-order valence-corrected chi connectivity index (χ1v) is 3.94. The van der Waals surface area contributed by atoms with Gasteiger partial charge in [0, 0.05) is 0 Å². The molecule has 1 aromatic rings. The van der Waals surface area contributed by atoms with Gasteiger partial charge in [-0.3, -0.25) is 0 Å². The second-order valence-electron chi connectivity index (χ2n) is 2.64. The molecule has 2 N–H and O–H groups in total. The summed E-state index contributed by atoms with van der Waals surface area (Å²) in [5.74, 6) is -2.30. The standard InChI is InChI=1S/C10H8O5/c1-2-15-8-4-6(9(11)12)3-7(5-8)10(13)14/h2-5H,1H2,(H,11,12)(H,13,14). The molecule has 0 saturated carbocycles. The topological polar surface area (TPSA) is 83.8 Å². The van der Waals surface area contributed by atoms with E-state index < -0.39 is 11.9 Å². The Morgan fingerprint density at radius 3 is 1.93 bits per heavy atom. The summed E-state index contributed by atoms with van der Waals surface area (Å²) in [6.07, 6.45) is 1.09. The van der Waals surface area contributed by atoms with Crippen molar-refractivity contribution < 1.29 is 24.5 Å². The van der Waals surface area contributed by atoms with Crippen LogP contribution in [0, 0.1) is 0 Å². The summed E-state index contributed by atoms with van der Waals surface area (Å²) < 4.78 is 4.82. The Balaban J connectivity index is 3.25. The predicted octanol–water partition coefficient (Wildman–Crippen LogP) is 1.61. The van der Waals surface area contributed by atoms with Crippen LogP contribution in [0.4, 0.5) is 0 Å². The minimum absolute atomic E-state index is 0.127. The normalized spacial score (nSPS) is 9.33. The van der Waals surface area contributed by atoms with E-state index in [9.17, 15) is 9.59 Å². The van der Waals surface area contributed by atoms with Gasteiger partial charge < -0.3 is 14.9 Å². The fraction of sp³-hybridized carbons (Fsp3) is 0. The van der Waals surface area contributed by atoms with E-state index in [-0.39, 0.29) is 16.9 Å². The number of carbonyl (C=O) groups is 2. The molecule has 0 spiro atoms. The van der Waals surface area contributed by atoms with Crippen molar-refractivity contribution in [2.75, 3.05) is 0 Å². The number of hydrogen-bond acceptors (Lipinski definition) is 3. The van der Waals surface area contributed by atoms with Crippen molar-refractivity contribution in [3.63, 3.8) is 0 Å². The largest absolute Gasteiger partial charge is 0.478 e. The van der Waals surface area contributed by atoms with Gasteiger partial charge in [0.2, 0.25) is 0 Å². The van der Waals surface area contributed by atoms with Gasteiger partial charge in [-0.1, -0.05) is 6.58 Å². The third kappa shape index (κ3) is 2.57. The average molecular weight is 208 g/mol. The molecule has 1 aromatic carbocycles. The van der Waals surface area contributed by atoms with Crippen LogP contribution < -0.4 is 4.74 Å². The van der Waals surface area contributed by atoms with Gasteiger partial charge in [0.15, 0.2) is 0 Å². The number of rotatable bonds is 4. The molecule has 15 heavy (non-hydrogen) atoms. The van der Waals surface area contributed by atoms with Crippen LogP contribution in [0.3, 0.4) is 0 Å². The third-order valence-corrected chi connectivity index (χ3v) is 1.62. The van der Waals surface area contributed by atoms with E-state index in [2.05, 4.69) is 6.58 Å². The Bertz CT molecular complexity index is 390. The lowest BCUT2D eigenvalue weighted by Gasteiger charge is -2.03. The number of benzene rings is 1. The van der Waals surface area contributed by atoms with Crippen LogP contribution in [0.25, 0.3) is 0 Å². The molecule has 0 atom stereocenters. The summed E-state index contributed by atoms with van der Waals surface area (Å²) in [4.78, 5) is 21.3. The lowest BCUT2D eigenvalue weighted by atomic mass is 10.1. The summed E-state index contributed by atoms with van der Waals surface area (Å²) in [6, 6.07) is 3.49. The molecule has 78 valence electrons. The van der Waals surface area contributed by atoms with Crippen LogP contribution in [0.15, 0.2) is 31.0 Å². The van der Waals surface area contributed by atoms with E-state index in [1.165, 1.54) is 12.1 Å². The van der Waals surface area contributed by atoms with Gasteiger partial charge in [0.05, 0.1) is 17.4 Å². The van der Waals surface area contributed by atoms with Crippen molar-refractivity contribution in [1.29, 1.82) is 0 Å². The summed E-state index contributed by atoms with van der Waals surface area (Å²) >= 11 is 0. The summed E-state index contributed by atoms with van der Waals surface area (Å²) in [5, 5.41) is 17.4. The van der Waals surface area contributed by atoms with Crippen LogP contribution in [0.1, 0.15) is 20.7 Å². The molecule has 0 bridgehead atoms. The van der Waals surface area contributed by atoms with Crippen molar-refractivity contribution in [2.24, 2.45) is 0 Å². The van der Waals surface area contributed by atoms with Crippen molar-refractivity contribution in [3.8, 4) is 5.75 Å². The molecule has 5 heteroatoms. The zero-order valence-electron chi connectivity index (χ0n) is 7.64. The SMILES string of the molecule is C=COc1cc(C(=O)O)cc(C(=O)O)c1. The molecular formula is C10H8O5. The number of carboxylic acid groups (broad SMARTS) is 2. The molecule has 0 radical (unpaired) electrons. The third-order valence-electron chi connectivity index (χ3n) is 1.62. The highest BCUT2D eigenvalue weighted by atomic mass is 16.5. The molecule has 0 aliphatic heterocycles. The van der Waals surface area contributed by atoms with Gasteiger partial charge in [0.25, 0.3) is 0 Å². The maximum Gasteiger partial charge on any atom is 0.335 e. The van der Waals surface area contributed by atoms with E-state index in [0.29, 0.717) is 0 Å². The van der Waals surface area contributed by atoms with Crippen LogP contribution in [0.2, 0.25) is 0 Å². The summed E-state index contributed by atoms with van der Waals surface area (Å²) in [7, 11) is 0. The second-order valence-corrected chi connectivity index (χ2v) is 2.64. The maximum absolute atomic E-state index is 10.7. The highest BCUT2D eigenvalue weighted by molar-refractivity contribution is 5.94. The molecule has 0 aliphatic rings. The lowest BCUT2D eigenvalue weighted by Crippen LogP contribution is -2.02. The molecule has 1 rings (SSSR count). The highest BCUT2D eigenvalue weighted by Crippen LogP contribution is 2.17. The Morgan fingerprint density at radius 1 is 1.13 bits per heavy atom. The quantitative estimate of drug-likeness (QED) is 0.734. The number of aromatic carboxylic acids is 2.